The second-order valence-corrected chi connectivity index (χ2v) is 9.98. The highest BCUT2D eigenvalue weighted by Crippen LogP contribution is 2.23. The van der Waals surface area contributed by atoms with Gasteiger partial charge in [-0.2, -0.15) is 0 Å². The molecule has 2 aromatic carbocycles. The fourth-order valence-corrected chi connectivity index (χ4v) is 4.22. The van der Waals surface area contributed by atoms with Crippen molar-refractivity contribution in [2.75, 3.05) is 19.6 Å². The Bertz CT molecular complexity index is 1200. The van der Waals surface area contributed by atoms with Crippen molar-refractivity contribution in [2.45, 2.75) is 24.2 Å². The first-order valence-electron chi connectivity index (χ1n) is 10.1. The molecule has 1 aliphatic rings. The normalized spacial score (nSPS) is 14.2. The standard InChI is InChI=1S/C22H23Cl2N3O5S/c23-18-8-5-15(12-19(18)24)2-1-10-26-21(29)17-13-27(22(30)20(17)28)11-9-14-3-6-16(7-4-14)33(25,31)32/h3-8,12,28H,1-2,9-11,13H2,(H,26,29)(H2,25,31,32). The second-order valence-electron chi connectivity index (χ2n) is 7.60. The van der Waals surface area contributed by atoms with E-state index in [2.05, 4.69) is 5.32 Å². The molecule has 0 saturated heterocycles. The Balaban J connectivity index is 1.47. The van der Waals surface area contributed by atoms with Gasteiger partial charge in [0, 0.05) is 13.1 Å². The number of carbonyl (C=O) groups is 2. The Labute approximate surface area is 202 Å². The number of aliphatic hydroxyl groups is 1. The summed E-state index contributed by atoms with van der Waals surface area (Å²) < 4.78 is 22.7. The smallest absolute Gasteiger partial charge is 0.289 e. The van der Waals surface area contributed by atoms with Gasteiger partial charge in [-0.3, -0.25) is 9.59 Å². The van der Waals surface area contributed by atoms with Crippen molar-refractivity contribution in [2.24, 2.45) is 5.14 Å². The summed E-state index contributed by atoms with van der Waals surface area (Å²) >= 11 is 11.9. The molecule has 176 valence electrons. The van der Waals surface area contributed by atoms with Crippen LogP contribution in [0.1, 0.15) is 17.5 Å². The van der Waals surface area contributed by atoms with E-state index >= 15 is 0 Å². The summed E-state index contributed by atoms with van der Waals surface area (Å²) in [5.74, 6) is -1.66. The Morgan fingerprint density at radius 3 is 2.36 bits per heavy atom. The molecule has 3 rings (SSSR count). The maximum atomic E-state index is 12.4. The van der Waals surface area contributed by atoms with Gasteiger partial charge in [0.05, 0.1) is 27.1 Å². The Hall–Kier alpha value is -2.59. The van der Waals surface area contributed by atoms with Crippen LogP contribution in [0, 0.1) is 0 Å². The predicted molar refractivity (Wildman–Crippen MR) is 126 cm³/mol. The minimum absolute atomic E-state index is 0.000859. The Kier molecular flexibility index (Phi) is 8.01. The van der Waals surface area contributed by atoms with Crippen LogP contribution in [-0.4, -0.2) is 49.9 Å². The van der Waals surface area contributed by atoms with Crippen molar-refractivity contribution in [3.63, 3.8) is 0 Å². The molecule has 2 amide bonds. The van der Waals surface area contributed by atoms with E-state index in [1.54, 1.807) is 24.3 Å². The molecule has 1 aliphatic heterocycles. The summed E-state index contributed by atoms with van der Waals surface area (Å²) in [4.78, 5) is 26.1. The van der Waals surface area contributed by atoms with Gasteiger partial charge in [0.1, 0.15) is 0 Å². The molecule has 4 N–H and O–H groups in total. The second kappa shape index (κ2) is 10.6. The van der Waals surface area contributed by atoms with E-state index in [9.17, 15) is 23.1 Å². The molecule has 2 aromatic rings. The topological polar surface area (TPSA) is 130 Å². The van der Waals surface area contributed by atoms with Gasteiger partial charge in [0.15, 0.2) is 5.76 Å². The number of benzene rings is 2. The number of aryl methyl sites for hydroxylation is 1. The van der Waals surface area contributed by atoms with Gasteiger partial charge in [-0.15, -0.1) is 0 Å². The lowest BCUT2D eigenvalue weighted by molar-refractivity contribution is -0.127. The maximum absolute atomic E-state index is 12.4. The van der Waals surface area contributed by atoms with Gasteiger partial charge in [-0.25, -0.2) is 13.6 Å². The van der Waals surface area contributed by atoms with Gasteiger partial charge >= 0.3 is 0 Å². The fourth-order valence-electron chi connectivity index (χ4n) is 3.38. The van der Waals surface area contributed by atoms with Crippen LogP contribution in [0.25, 0.3) is 0 Å². The van der Waals surface area contributed by atoms with Gasteiger partial charge in [-0.05, 0) is 54.7 Å². The minimum atomic E-state index is -3.77. The number of nitrogens with one attached hydrogen (secondary N) is 1. The summed E-state index contributed by atoms with van der Waals surface area (Å²) in [5.41, 5.74) is 1.80. The predicted octanol–water partition coefficient (Wildman–Crippen LogP) is 2.59. The van der Waals surface area contributed by atoms with Gasteiger partial charge < -0.3 is 15.3 Å². The van der Waals surface area contributed by atoms with E-state index in [4.69, 9.17) is 28.3 Å². The summed E-state index contributed by atoms with van der Waals surface area (Å²) in [6.45, 7) is 0.616. The van der Waals surface area contributed by atoms with Crippen molar-refractivity contribution in [3.05, 3.63) is 75.0 Å². The average molecular weight is 512 g/mol. The number of amides is 2. The van der Waals surface area contributed by atoms with Crippen molar-refractivity contribution in [1.82, 2.24) is 10.2 Å². The molecule has 0 aromatic heterocycles. The largest absolute Gasteiger partial charge is 0.503 e. The number of rotatable bonds is 9. The van der Waals surface area contributed by atoms with Gasteiger partial charge in [0.2, 0.25) is 10.0 Å². The van der Waals surface area contributed by atoms with Crippen LogP contribution in [0.5, 0.6) is 0 Å². The van der Waals surface area contributed by atoms with Crippen LogP contribution in [0.4, 0.5) is 0 Å². The molecule has 0 atom stereocenters. The zero-order valence-corrected chi connectivity index (χ0v) is 19.9. The molecular weight excluding hydrogens is 489 g/mol. The average Bonchev–Trinajstić information content (AvgIpc) is 3.06. The van der Waals surface area contributed by atoms with Crippen molar-refractivity contribution < 1.29 is 23.1 Å². The third-order valence-electron chi connectivity index (χ3n) is 5.23. The molecule has 0 radical (unpaired) electrons. The molecule has 1 heterocycles. The number of nitrogens with zero attached hydrogens (tertiary/aromatic N) is 1. The van der Waals surface area contributed by atoms with Gasteiger partial charge in [0.25, 0.3) is 11.8 Å². The molecule has 0 bridgehead atoms. The number of hydrogen-bond acceptors (Lipinski definition) is 5. The van der Waals surface area contributed by atoms with Crippen molar-refractivity contribution >= 4 is 45.0 Å². The van der Waals surface area contributed by atoms with E-state index in [1.165, 1.54) is 17.0 Å². The highest BCUT2D eigenvalue weighted by atomic mass is 35.5. The lowest BCUT2D eigenvalue weighted by Crippen LogP contribution is -2.32. The summed E-state index contributed by atoms with van der Waals surface area (Å²) in [6.07, 6.45) is 1.74. The van der Waals surface area contributed by atoms with Crippen LogP contribution in [0.3, 0.4) is 0 Å². The third kappa shape index (κ3) is 6.48. The molecule has 0 aliphatic carbocycles. The lowest BCUT2D eigenvalue weighted by atomic mass is 10.1. The van der Waals surface area contributed by atoms with Crippen LogP contribution in [0.15, 0.2) is 58.7 Å². The molecule has 0 saturated carbocycles. The highest BCUT2D eigenvalue weighted by molar-refractivity contribution is 7.89. The SMILES string of the molecule is NS(=O)(=O)c1ccc(CCN2CC(C(=O)NCCCc3ccc(Cl)c(Cl)c3)=C(O)C2=O)cc1. The van der Waals surface area contributed by atoms with Crippen LogP contribution >= 0.6 is 23.2 Å². The number of aliphatic hydroxyl groups excluding tert-OH is 1. The highest BCUT2D eigenvalue weighted by Gasteiger charge is 2.33. The maximum Gasteiger partial charge on any atom is 0.289 e. The number of hydrogen-bond donors (Lipinski definition) is 3. The zero-order chi connectivity index (χ0) is 24.2. The molecule has 8 nitrogen and oxygen atoms in total. The fraction of sp³-hybridized carbons (Fsp3) is 0.273. The Morgan fingerprint density at radius 1 is 1.06 bits per heavy atom. The van der Waals surface area contributed by atoms with Crippen LogP contribution < -0.4 is 10.5 Å². The molecule has 0 fully saturated rings. The minimum Gasteiger partial charge on any atom is -0.503 e. The first kappa shape index (κ1) is 25.0. The third-order valence-corrected chi connectivity index (χ3v) is 6.90. The molecule has 0 spiro atoms. The van der Waals surface area contributed by atoms with E-state index in [0.29, 0.717) is 35.9 Å². The van der Waals surface area contributed by atoms with E-state index in [1.807, 2.05) is 6.07 Å². The molecule has 0 unspecified atom stereocenters. The van der Waals surface area contributed by atoms with Crippen LogP contribution in [0.2, 0.25) is 10.0 Å². The Morgan fingerprint density at radius 2 is 1.73 bits per heavy atom. The lowest BCUT2D eigenvalue weighted by Gasteiger charge is -2.16. The van der Waals surface area contributed by atoms with Crippen LogP contribution in [-0.2, 0) is 32.5 Å². The summed E-state index contributed by atoms with van der Waals surface area (Å²) in [6, 6.07) is 11.3. The number of primary sulfonamides is 1. The van der Waals surface area contributed by atoms with Crippen molar-refractivity contribution in [3.8, 4) is 0 Å². The van der Waals surface area contributed by atoms with E-state index in [0.717, 1.165) is 11.1 Å². The number of carbonyl (C=O) groups excluding carboxylic acids is 2. The molecule has 33 heavy (non-hydrogen) atoms. The molecule has 11 heteroatoms. The number of sulfonamides is 1. The first-order chi connectivity index (χ1) is 15.6. The summed E-state index contributed by atoms with van der Waals surface area (Å²) in [5, 5.41) is 18.9. The van der Waals surface area contributed by atoms with Gasteiger partial charge in [-0.1, -0.05) is 41.4 Å². The first-order valence-corrected chi connectivity index (χ1v) is 12.4. The number of halogens is 2. The monoisotopic (exact) mass is 511 g/mol. The van der Waals surface area contributed by atoms with Crippen molar-refractivity contribution in [1.29, 1.82) is 0 Å². The zero-order valence-electron chi connectivity index (χ0n) is 17.6. The molecular formula is C22H23Cl2N3O5S. The van der Waals surface area contributed by atoms with E-state index < -0.39 is 27.6 Å². The summed E-state index contributed by atoms with van der Waals surface area (Å²) in [7, 11) is -3.77. The quantitative estimate of drug-likeness (QED) is 0.445. The number of nitrogens with two attached hydrogens (primary N) is 1. The van der Waals surface area contributed by atoms with E-state index in [-0.39, 0.29) is 23.6 Å².